The van der Waals surface area contributed by atoms with E-state index in [0.29, 0.717) is 16.5 Å². The summed E-state index contributed by atoms with van der Waals surface area (Å²) in [5, 5.41) is 19.8. The number of nitrogens with two attached hydrogens (primary N) is 1. The summed E-state index contributed by atoms with van der Waals surface area (Å²) in [6.45, 7) is 0.729. The van der Waals surface area contributed by atoms with Crippen LogP contribution < -0.4 is 10.6 Å². The molecule has 0 aliphatic carbocycles. The van der Waals surface area contributed by atoms with E-state index in [0.717, 1.165) is 5.69 Å². The van der Waals surface area contributed by atoms with Gasteiger partial charge in [0, 0.05) is 24.8 Å². The average molecular weight is 377 g/mol. The molecule has 102 valence electrons. The summed E-state index contributed by atoms with van der Waals surface area (Å²) in [5.74, 6) is -1.02. The number of halogens is 1. The monoisotopic (exact) mass is 377 g/mol. The highest BCUT2D eigenvalue weighted by Gasteiger charge is 2.41. The number of nitrogens with zero attached hydrogens (tertiary/aromatic N) is 2. The summed E-state index contributed by atoms with van der Waals surface area (Å²) in [6, 6.07) is 4.72. The number of hydrogen-bond acceptors (Lipinski definition) is 5. The maximum Gasteiger partial charge on any atom is 0.325 e. The molecule has 1 aromatic rings. The van der Waals surface area contributed by atoms with Gasteiger partial charge in [0.2, 0.25) is 0 Å². The van der Waals surface area contributed by atoms with Crippen molar-refractivity contribution < 1.29 is 14.8 Å². The third kappa shape index (κ3) is 2.63. The smallest absolute Gasteiger partial charge is 0.325 e. The summed E-state index contributed by atoms with van der Waals surface area (Å²) in [5.41, 5.74) is 5.35. The molecular formula is C11H12IN3O4. The van der Waals surface area contributed by atoms with Gasteiger partial charge in [-0.05, 0) is 41.1 Å². The molecule has 1 atom stereocenters. The molecule has 1 heterocycles. The fraction of sp³-hybridized carbons (Fsp3) is 0.364. The van der Waals surface area contributed by atoms with Crippen LogP contribution >= 0.6 is 22.6 Å². The van der Waals surface area contributed by atoms with Crippen molar-refractivity contribution in [2.45, 2.75) is 12.0 Å². The van der Waals surface area contributed by atoms with Crippen LogP contribution in [0.15, 0.2) is 18.2 Å². The number of benzene rings is 1. The van der Waals surface area contributed by atoms with E-state index < -0.39 is 16.4 Å². The number of rotatable bonds is 3. The molecule has 1 fully saturated rings. The van der Waals surface area contributed by atoms with Crippen LogP contribution in [0.3, 0.4) is 0 Å². The summed E-state index contributed by atoms with van der Waals surface area (Å²) < 4.78 is 0.518. The zero-order valence-corrected chi connectivity index (χ0v) is 12.0. The van der Waals surface area contributed by atoms with Crippen molar-refractivity contribution >= 4 is 39.9 Å². The van der Waals surface area contributed by atoms with Gasteiger partial charge in [-0.1, -0.05) is 0 Å². The Hall–Kier alpha value is -1.42. The molecule has 0 aromatic heterocycles. The van der Waals surface area contributed by atoms with Crippen molar-refractivity contribution in [3.05, 3.63) is 31.9 Å². The molecule has 0 saturated carbocycles. The molecule has 7 nitrogen and oxygen atoms in total. The molecule has 19 heavy (non-hydrogen) atoms. The van der Waals surface area contributed by atoms with E-state index in [9.17, 15) is 14.9 Å². The van der Waals surface area contributed by atoms with Gasteiger partial charge >= 0.3 is 5.97 Å². The molecule has 1 aliphatic rings. The number of nitro benzene ring substituents is 1. The first-order chi connectivity index (χ1) is 8.83. The Labute approximate surface area is 122 Å². The van der Waals surface area contributed by atoms with Crippen molar-refractivity contribution in [2.75, 3.05) is 18.0 Å². The van der Waals surface area contributed by atoms with Gasteiger partial charge in [-0.25, -0.2) is 0 Å². The Balaban J connectivity index is 2.23. The SMILES string of the molecule is NC1(C(=O)O)CCN(c2ccc([N+](=O)[O-])c(I)c2)C1. The van der Waals surface area contributed by atoms with E-state index in [1.54, 1.807) is 12.1 Å². The molecule has 1 aliphatic heterocycles. The topological polar surface area (TPSA) is 110 Å². The predicted molar refractivity (Wildman–Crippen MR) is 77.2 cm³/mol. The number of hydrogen-bond donors (Lipinski definition) is 2. The van der Waals surface area contributed by atoms with E-state index in [4.69, 9.17) is 10.8 Å². The maximum atomic E-state index is 11.1. The lowest BCUT2D eigenvalue weighted by Crippen LogP contribution is -2.50. The molecule has 0 radical (unpaired) electrons. The quantitative estimate of drug-likeness (QED) is 0.465. The molecule has 8 heteroatoms. The standard InChI is InChI=1S/C11H12IN3O4/c12-8-5-7(1-2-9(8)15(18)19)14-4-3-11(13,6-14)10(16)17/h1-2,5H,3-4,6,13H2,(H,16,17). The van der Waals surface area contributed by atoms with Crippen LogP contribution in [0.25, 0.3) is 0 Å². The molecule has 1 unspecified atom stereocenters. The Morgan fingerprint density at radius 3 is 2.74 bits per heavy atom. The Morgan fingerprint density at radius 2 is 2.26 bits per heavy atom. The van der Waals surface area contributed by atoms with E-state index in [2.05, 4.69) is 0 Å². The highest BCUT2D eigenvalue weighted by Crippen LogP contribution is 2.30. The van der Waals surface area contributed by atoms with Crippen LogP contribution in [0, 0.1) is 13.7 Å². The third-order valence-electron chi connectivity index (χ3n) is 3.22. The summed E-state index contributed by atoms with van der Waals surface area (Å²) >= 11 is 1.89. The molecule has 0 spiro atoms. The van der Waals surface area contributed by atoms with E-state index in [1.165, 1.54) is 6.07 Å². The summed E-state index contributed by atoms with van der Waals surface area (Å²) in [4.78, 5) is 23.2. The lowest BCUT2D eigenvalue weighted by molar-refractivity contribution is -0.385. The first kappa shape index (κ1) is 14.0. The van der Waals surface area contributed by atoms with Crippen LogP contribution in [0.5, 0.6) is 0 Å². The minimum absolute atomic E-state index is 0.0424. The van der Waals surface area contributed by atoms with Crippen LogP contribution in [0.4, 0.5) is 11.4 Å². The third-order valence-corrected chi connectivity index (χ3v) is 4.08. The van der Waals surface area contributed by atoms with Crippen molar-refractivity contribution in [1.29, 1.82) is 0 Å². The van der Waals surface area contributed by atoms with Gasteiger partial charge in [0.05, 0.1) is 8.49 Å². The van der Waals surface area contributed by atoms with E-state index in [1.807, 2.05) is 27.5 Å². The van der Waals surface area contributed by atoms with Gasteiger partial charge in [-0.3, -0.25) is 14.9 Å². The Morgan fingerprint density at radius 1 is 1.58 bits per heavy atom. The van der Waals surface area contributed by atoms with E-state index >= 15 is 0 Å². The molecule has 1 saturated heterocycles. The normalized spacial score (nSPS) is 22.5. The van der Waals surface area contributed by atoms with E-state index in [-0.39, 0.29) is 12.2 Å². The van der Waals surface area contributed by atoms with Crippen molar-refractivity contribution in [1.82, 2.24) is 0 Å². The number of aliphatic carboxylic acids is 1. The number of nitro groups is 1. The second kappa shape index (κ2) is 4.93. The first-order valence-electron chi connectivity index (χ1n) is 5.55. The van der Waals surface area contributed by atoms with Crippen molar-refractivity contribution in [2.24, 2.45) is 5.73 Å². The largest absolute Gasteiger partial charge is 0.480 e. The van der Waals surface area contributed by atoms with Gasteiger partial charge in [-0.2, -0.15) is 0 Å². The van der Waals surface area contributed by atoms with Crippen LogP contribution in [-0.2, 0) is 4.79 Å². The minimum Gasteiger partial charge on any atom is -0.480 e. The highest BCUT2D eigenvalue weighted by molar-refractivity contribution is 14.1. The second-order valence-corrected chi connectivity index (χ2v) is 5.69. The second-order valence-electron chi connectivity index (χ2n) is 4.53. The van der Waals surface area contributed by atoms with Crippen LogP contribution in [0.2, 0.25) is 0 Å². The number of carboxylic acids is 1. The fourth-order valence-corrected chi connectivity index (χ4v) is 2.76. The molecular weight excluding hydrogens is 365 g/mol. The lowest BCUT2D eigenvalue weighted by Gasteiger charge is -2.21. The van der Waals surface area contributed by atoms with Gasteiger partial charge in [0.15, 0.2) is 0 Å². The number of carboxylic acid groups (broad SMARTS) is 1. The maximum absolute atomic E-state index is 11.1. The predicted octanol–water partition coefficient (Wildman–Crippen LogP) is 1.19. The zero-order chi connectivity index (χ0) is 14.2. The van der Waals surface area contributed by atoms with Gasteiger partial charge in [0.25, 0.3) is 5.69 Å². The minimum atomic E-state index is -1.24. The highest BCUT2D eigenvalue weighted by atomic mass is 127. The molecule has 3 N–H and O–H groups in total. The Bertz CT molecular complexity index is 551. The summed E-state index contributed by atoms with van der Waals surface area (Å²) in [6.07, 6.45) is 0.357. The first-order valence-corrected chi connectivity index (χ1v) is 6.62. The van der Waals surface area contributed by atoms with Crippen molar-refractivity contribution in [3.8, 4) is 0 Å². The number of anilines is 1. The van der Waals surface area contributed by atoms with Gasteiger partial charge in [-0.15, -0.1) is 0 Å². The molecule has 1 aromatic carbocycles. The Kier molecular flexibility index (Phi) is 3.63. The summed E-state index contributed by atoms with van der Waals surface area (Å²) in [7, 11) is 0. The van der Waals surface area contributed by atoms with Crippen LogP contribution in [-0.4, -0.2) is 34.6 Å². The average Bonchev–Trinajstić information content (AvgIpc) is 2.73. The molecule has 0 bridgehead atoms. The zero-order valence-electron chi connectivity index (χ0n) is 9.88. The van der Waals surface area contributed by atoms with Crippen LogP contribution in [0.1, 0.15) is 6.42 Å². The van der Waals surface area contributed by atoms with Crippen molar-refractivity contribution in [3.63, 3.8) is 0 Å². The number of carbonyl (C=O) groups is 1. The lowest BCUT2D eigenvalue weighted by atomic mass is 10.0. The van der Waals surface area contributed by atoms with Gasteiger partial charge < -0.3 is 15.7 Å². The van der Waals surface area contributed by atoms with Gasteiger partial charge in [0.1, 0.15) is 5.54 Å². The molecule has 2 rings (SSSR count). The molecule has 0 amide bonds. The fourth-order valence-electron chi connectivity index (χ4n) is 2.07.